The van der Waals surface area contributed by atoms with Gasteiger partial charge in [-0.3, -0.25) is 0 Å². The van der Waals surface area contributed by atoms with Gasteiger partial charge >= 0.3 is 0 Å². The fourth-order valence-electron chi connectivity index (χ4n) is 2.51. The van der Waals surface area contributed by atoms with Crippen LogP contribution in [0, 0.1) is 12.8 Å². The average Bonchev–Trinajstić information content (AvgIpc) is 2.68. The molecule has 20 heavy (non-hydrogen) atoms. The lowest BCUT2D eigenvalue weighted by molar-refractivity contribution is 0.427. The minimum absolute atomic E-state index is 0.303. The van der Waals surface area contributed by atoms with E-state index in [1.54, 1.807) is 4.68 Å². The van der Waals surface area contributed by atoms with E-state index in [0.717, 1.165) is 41.8 Å². The molecule has 0 amide bonds. The molecule has 2 aromatic rings. The van der Waals surface area contributed by atoms with Crippen molar-refractivity contribution >= 4 is 0 Å². The molecule has 0 aliphatic rings. The van der Waals surface area contributed by atoms with E-state index < -0.39 is 0 Å². The van der Waals surface area contributed by atoms with E-state index in [4.69, 9.17) is 0 Å². The summed E-state index contributed by atoms with van der Waals surface area (Å²) in [5.41, 5.74) is 4.11. The van der Waals surface area contributed by atoms with E-state index >= 15 is 0 Å². The Morgan fingerprint density at radius 1 is 1.25 bits per heavy atom. The maximum Gasteiger partial charge on any atom is 0.217 e. The Bertz CT molecular complexity index is 585. The van der Waals surface area contributed by atoms with E-state index in [1.165, 1.54) is 0 Å². The summed E-state index contributed by atoms with van der Waals surface area (Å²) in [6.07, 6.45) is 2.79. The summed E-state index contributed by atoms with van der Waals surface area (Å²) in [5, 5.41) is 15.2. The smallest absolute Gasteiger partial charge is 0.217 e. The highest BCUT2D eigenvalue weighted by Crippen LogP contribution is 2.28. The number of aromatic nitrogens is 2. The number of hydrogen-bond donors (Lipinski definition) is 1. The Balaban J connectivity index is 2.52. The number of aryl methyl sites for hydroxylation is 1. The predicted molar refractivity (Wildman–Crippen MR) is 82.5 cm³/mol. The van der Waals surface area contributed by atoms with Crippen LogP contribution in [0.25, 0.3) is 5.69 Å². The van der Waals surface area contributed by atoms with Crippen LogP contribution in [-0.2, 0) is 12.8 Å². The van der Waals surface area contributed by atoms with Crippen LogP contribution in [0.4, 0.5) is 0 Å². The Morgan fingerprint density at radius 3 is 2.55 bits per heavy atom. The Hall–Kier alpha value is -1.77. The molecule has 0 aliphatic carbocycles. The molecule has 0 atom stereocenters. The van der Waals surface area contributed by atoms with Gasteiger partial charge in [0.05, 0.1) is 11.4 Å². The van der Waals surface area contributed by atoms with Crippen molar-refractivity contribution in [3.63, 3.8) is 0 Å². The molecule has 3 heteroatoms. The summed E-state index contributed by atoms with van der Waals surface area (Å²) < 4.78 is 1.69. The normalized spacial score (nSPS) is 11.2. The first-order valence-corrected chi connectivity index (χ1v) is 7.40. The number of para-hydroxylation sites is 1. The average molecular weight is 272 g/mol. The van der Waals surface area contributed by atoms with E-state index in [9.17, 15) is 5.11 Å². The van der Waals surface area contributed by atoms with Crippen molar-refractivity contribution in [1.29, 1.82) is 0 Å². The Labute approximate surface area is 121 Å². The molecule has 0 aliphatic heterocycles. The first kappa shape index (κ1) is 14.6. The molecule has 0 saturated heterocycles. The van der Waals surface area contributed by atoms with Gasteiger partial charge < -0.3 is 5.11 Å². The summed E-state index contributed by atoms with van der Waals surface area (Å²) in [7, 11) is 0. The number of nitrogens with zero attached hydrogens (tertiary/aromatic N) is 2. The molecular weight excluding hydrogens is 248 g/mol. The third kappa shape index (κ3) is 2.87. The van der Waals surface area contributed by atoms with Crippen LogP contribution in [0.5, 0.6) is 5.88 Å². The first-order valence-electron chi connectivity index (χ1n) is 7.40. The van der Waals surface area contributed by atoms with Crippen molar-refractivity contribution in [1.82, 2.24) is 9.78 Å². The summed E-state index contributed by atoms with van der Waals surface area (Å²) >= 11 is 0. The first-order chi connectivity index (χ1) is 9.54. The fourth-order valence-corrected chi connectivity index (χ4v) is 2.51. The molecule has 1 aromatic heterocycles. The molecule has 3 nitrogen and oxygen atoms in total. The summed E-state index contributed by atoms with van der Waals surface area (Å²) in [6, 6.07) is 8.02. The molecule has 0 saturated carbocycles. The predicted octanol–water partition coefficient (Wildman–Crippen LogP) is 4.04. The van der Waals surface area contributed by atoms with Crippen LogP contribution in [0.15, 0.2) is 24.3 Å². The molecule has 1 aromatic carbocycles. The molecule has 0 fully saturated rings. The summed E-state index contributed by atoms with van der Waals surface area (Å²) in [6.45, 7) is 8.53. The zero-order chi connectivity index (χ0) is 14.7. The lowest BCUT2D eigenvalue weighted by Gasteiger charge is -2.06. The molecule has 1 N–H and O–H groups in total. The monoisotopic (exact) mass is 272 g/mol. The van der Waals surface area contributed by atoms with Gasteiger partial charge in [0.25, 0.3) is 0 Å². The van der Waals surface area contributed by atoms with Gasteiger partial charge in [0, 0.05) is 5.56 Å². The molecule has 1 heterocycles. The van der Waals surface area contributed by atoms with Crippen molar-refractivity contribution in [2.75, 3.05) is 0 Å². The maximum atomic E-state index is 10.5. The van der Waals surface area contributed by atoms with Crippen LogP contribution < -0.4 is 0 Å². The van der Waals surface area contributed by atoms with Gasteiger partial charge in [-0.25, -0.2) is 4.68 Å². The summed E-state index contributed by atoms with van der Waals surface area (Å²) in [4.78, 5) is 0. The minimum atomic E-state index is 0.303. The number of benzene rings is 1. The van der Waals surface area contributed by atoms with Crippen molar-refractivity contribution in [2.24, 2.45) is 5.92 Å². The van der Waals surface area contributed by atoms with E-state index in [-0.39, 0.29) is 0 Å². The zero-order valence-corrected chi connectivity index (χ0v) is 12.8. The van der Waals surface area contributed by atoms with Gasteiger partial charge in [-0.15, -0.1) is 0 Å². The van der Waals surface area contributed by atoms with Crippen molar-refractivity contribution in [3.05, 3.63) is 41.1 Å². The number of aromatic hydroxyl groups is 1. The molecule has 108 valence electrons. The topological polar surface area (TPSA) is 38.0 Å². The SMILES string of the molecule is CCCc1c(CC(C)C)nn(-c2ccccc2C)c1O. The second-order valence-electron chi connectivity index (χ2n) is 5.80. The van der Waals surface area contributed by atoms with Crippen LogP contribution in [0.3, 0.4) is 0 Å². The highest BCUT2D eigenvalue weighted by molar-refractivity contribution is 5.45. The standard InChI is InChI=1S/C17H24N2O/c1-5-8-14-15(11-12(2)3)18-19(17(14)20)16-10-7-6-9-13(16)4/h6-7,9-10,12,20H,5,8,11H2,1-4H3. The van der Waals surface area contributed by atoms with Crippen LogP contribution in [0.2, 0.25) is 0 Å². The van der Waals surface area contributed by atoms with Gasteiger partial charge in [-0.05, 0) is 37.3 Å². The van der Waals surface area contributed by atoms with Crippen molar-refractivity contribution in [3.8, 4) is 11.6 Å². The van der Waals surface area contributed by atoms with Crippen molar-refractivity contribution < 1.29 is 5.11 Å². The van der Waals surface area contributed by atoms with Crippen molar-refractivity contribution in [2.45, 2.75) is 47.0 Å². The van der Waals surface area contributed by atoms with Gasteiger partial charge in [-0.2, -0.15) is 5.10 Å². The second-order valence-corrected chi connectivity index (χ2v) is 5.80. The molecule has 0 spiro atoms. The van der Waals surface area contributed by atoms with E-state index in [1.807, 2.05) is 31.2 Å². The van der Waals surface area contributed by atoms with Gasteiger partial charge in [-0.1, -0.05) is 45.4 Å². The fraction of sp³-hybridized carbons (Fsp3) is 0.471. The summed E-state index contributed by atoms with van der Waals surface area (Å²) in [5.74, 6) is 0.835. The zero-order valence-electron chi connectivity index (χ0n) is 12.8. The molecule has 0 radical (unpaired) electrons. The van der Waals surface area contributed by atoms with Gasteiger partial charge in [0.2, 0.25) is 5.88 Å². The quantitative estimate of drug-likeness (QED) is 0.892. The highest BCUT2D eigenvalue weighted by Gasteiger charge is 2.18. The van der Waals surface area contributed by atoms with Gasteiger partial charge in [0.1, 0.15) is 0 Å². The molecule has 2 rings (SSSR count). The third-order valence-corrected chi connectivity index (χ3v) is 3.48. The lowest BCUT2D eigenvalue weighted by Crippen LogP contribution is -2.01. The van der Waals surface area contributed by atoms with Crippen LogP contribution in [0.1, 0.15) is 44.0 Å². The maximum absolute atomic E-state index is 10.5. The Morgan fingerprint density at radius 2 is 1.95 bits per heavy atom. The second kappa shape index (κ2) is 6.12. The minimum Gasteiger partial charge on any atom is -0.493 e. The van der Waals surface area contributed by atoms with E-state index in [0.29, 0.717) is 11.8 Å². The van der Waals surface area contributed by atoms with Gasteiger partial charge in [0.15, 0.2) is 0 Å². The van der Waals surface area contributed by atoms with Crippen LogP contribution >= 0.6 is 0 Å². The molecule has 0 unspecified atom stereocenters. The largest absolute Gasteiger partial charge is 0.493 e. The lowest BCUT2D eigenvalue weighted by atomic mass is 10.0. The van der Waals surface area contributed by atoms with Crippen LogP contribution in [-0.4, -0.2) is 14.9 Å². The molecule has 0 bridgehead atoms. The third-order valence-electron chi connectivity index (χ3n) is 3.48. The Kier molecular flexibility index (Phi) is 4.48. The molecular formula is C17H24N2O. The van der Waals surface area contributed by atoms with E-state index in [2.05, 4.69) is 25.9 Å². The number of rotatable bonds is 5. The highest BCUT2D eigenvalue weighted by atomic mass is 16.3. The number of hydrogen-bond acceptors (Lipinski definition) is 2.